The van der Waals surface area contributed by atoms with Crippen LogP contribution in [0.1, 0.15) is 10.4 Å². The number of phenols is 1. The number of ether oxygens (including phenoxy) is 1. The summed E-state index contributed by atoms with van der Waals surface area (Å²) in [7, 11) is 0. The molecule has 0 fully saturated rings. The third-order valence-corrected chi connectivity index (χ3v) is 3.06. The highest BCUT2D eigenvalue weighted by Gasteiger charge is 2.30. The van der Waals surface area contributed by atoms with Gasteiger partial charge in [0.25, 0.3) is 0 Å². The first-order valence-corrected chi connectivity index (χ1v) is 6.28. The molecule has 0 aromatic heterocycles. The van der Waals surface area contributed by atoms with Crippen molar-refractivity contribution in [3.05, 3.63) is 24.8 Å². The minimum Gasteiger partial charge on any atom is -0.506 e. The summed E-state index contributed by atoms with van der Waals surface area (Å²) in [5.74, 6) is -1.57. The Morgan fingerprint density at radius 1 is 1.35 bits per heavy atom. The number of carbonyl (C=O) groups excluding carboxylic acids is 1. The smallest absolute Gasteiger partial charge is 0.422 e. The van der Waals surface area contributed by atoms with Crippen LogP contribution in [0.15, 0.2) is 12.1 Å². The second kappa shape index (κ2) is 5.59. The molecule has 0 unspecified atom stereocenters. The highest BCUT2D eigenvalue weighted by atomic mass is 127. The molecule has 0 aliphatic rings. The molecule has 0 spiro atoms. The molecule has 0 radical (unpaired) electrons. The normalized spacial score (nSPS) is 11.4. The molecule has 1 aromatic carbocycles. The van der Waals surface area contributed by atoms with Crippen molar-refractivity contribution in [1.82, 2.24) is 0 Å². The van der Waals surface area contributed by atoms with E-state index in [1.54, 1.807) is 28.7 Å². The van der Waals surface area contributed by atoms with Crippen LogP contribution in [0, 0.1) is 7.14 Å². The molecule has 0 heterocycles. The van der Waals surface area contributed by atoms with Gasteiger partial charge >= 0.3 is 12.1 Å². The van der Waals surface area contributed by atoms with Crippen molar-refractivity contribution in [3.63, 3.8) is 0 Å². The van der Waals surface area contributed by atoms with E-state index in [1.165, 1.54) is 6.07 Å². The fraction of sp³-hybridized carbons (Fsp3) is 0.222. The molecule has 0 aliphatic carbocycles. The molecular formula is C9H5F3I2O3. The molecule has 0 saturated carbocycles. The predicted octanol–water partition coefficient (Wildman–Crippen LogP) is 3.32. The lowest BCUT2D eigenvalue weighted by atomic mass is 10.2. The summed E-state index contributed by atoms with van der Waals surface area (Å²) >= 11 is 3.65. The van der Waals surface area contributed by atoms with Gasteiger partial charge in [0.05, 0.1) is 3.57 Å². The van der Waals surface area contributed by atoms with Crippen LogP contribution in [0.2, 0.25) is 0 Å². The van der Waals surface area contributed by atoms with Crippen molar-refractivity contribution >= 4 is 51.2 Å². The maximum Gasteiger partial charge on any atom is 0.422 e. The number of aromatic hydroxyl groups is 1. The Morgan fingerprint density at radius 2 is 1.94 bits per heavy atom. The SMILES string of the molecule is O=C(OCC(F)(F)F)c1cc(I)cc(I)c1O. The van der Waals surface area contributed by atoms with Crippen molar-refractivity contribution in [2.45, 2.75) is 6.18 Å². The molecular weight excluding hydrogens is 467 g/mol. The van der Waals surface area contributed by atoms with Crippen molar-refractivity contribution in [1.29, 1.82) is 0 Å². The number of esters is 1. The Morgan fingerprint density at radius 3 is 2.47 bits per heavy atom. The Bertz CT molecular complexity index is 446. The average Bonchev–Trinajstić information content (AvgIpc) is 2.19. The van der Waals surface area contributed by atoms with Gasteiger partial charge in [0.1, 0.15) is 11.3 Å². The Balaban J connectivity index is 2.90. The first-order chi connectivity index (χ1) is 7.70. The van der Waals surface area contributed by atoms with Gasteiger partial charge in [0.2, 0.25) is 0 Å². The minimum absolute atomic E-state index is 0.273. The van der Waals surface area contributed by atoms with Gasteiger partial charge in [0, 0.05) is 3.57 Å². The van der Waals surface area contributed by atoms with E-state index in [4.69, 9.17) is 0 Å². The van der Waals surface area contributed by atoms with Crippen LogP contribution in [0.3, 0.4) is 0 Å². The van der Waals surface area contributed by atoms with Gasteiger partial charge in [-0.1, -0.05) is 0 Å². The zero-order valence-corrected chi connectivity index (χ0v) is 12.3. The fourth-order valence-corrected chi connectivity index (χ4v) is 2.79. The van der Waals surface area contributed by atoms with Gasteiger partial charge < -0.3 is 9.84 Å². The van der Waals surface area contributed by atoms with E-state index in [2.05, 4.69) is 4.74 Å². The van der Waals surface area contributed by atoms with E-state index in [0.717, 1.165) is 0 Å². The van der Waals surface area contributed by atoms with Gasteiger partial charge in [-0.25, -0.2) is 4.79 Å². The zero-order valence-electron chi connectivity index (χ0n) is 8.02. The standard InChI is InChI=1S/C9H5F3I2O3/c10-9(11,12)3-17-8(16)5-1-4(13)2-6(14)7(5)15/h1-2,15H,3H2. The van der Waals surface area contributed by atoms with Gasteiger partial charge in [-0.05, 0) is 57.3 Å². The summed E-state index contributed by atoms with van der Waals surface area (Å²) < 4.78 is 40.6. The largest absolute Gasteiger partial charge is 0.506 e. The van der Waals surface area contributed by atoms with E-state index in [1.807, 2.05) is 22.6 Å². The third kappa shape index (κ3) is 4.48. The molecule has 0 amide bonds. The van der Waals surface area contributed by atoms with Gasteiger partial charge in [-0.15, -0.1) is 0 Å². The molecule has 17 heavy (non-hydrogen) atoms. The molecule has 1 N–H and O–H groups in total. The molecule has 8 heteroatoms. The quantitative estimate of drug-likeness (QED) is 0.531. The van der Waals surface area contributed by atoms with Crippen molar-refractivity contribution in [2.24, 2.45) is 0 Å². The Hall–Kier alpha value is -0.260. The molecule has 1 rings (SSSR count). The summed E-state index contributed by atoms with van der Waals surface area (Å²) in [5, 5.41) is 9.53. The molecule has 0 aliphatic heterocycles. The summed E-state index contributed by atoms with van der Waals surface area (Å²) in [6.45, 7) is -1.67. The highest BCUT2D eigenvalue weighted by Crippen LogP contribution is 2.28. The summed E-state index contributed by atoms with van der Waals surface area (Å²) in [5.41, 5.74) is -0.273. The number of benzene rings is 1. The van der Waals surface area contributed by atoms with E-state index >= 15 is 0 Å². The molecule has 94 valence electrons. The lowest BCUT2D eigenvalue weighted by Crippen LogP contribution is -2.20. The maximum absolute atomic E-state index is 11.8. The predicted molar refractivity (Wildman–Crippen MR) is 69.9 cm³/mol. The lowest BCUT2D eigenvalue weighted by molar-refractivity contribution is -0.161. The third-order valence-electron chi connectivity index (χ3n) is 1.62. The zero-order chi connectivity index (χ0) is 13.2. The van der Waals surface area contributed by atoms with E-state index in [0.29, 0.717) is 7.14 Å². The first kappa shape index (κ1) is 14.8. The van der Waals surface area contributed by atoms with Crippen LogP contribution in [0.5, 0.6) is 5.75 Å². The number of alkyl halides is 3. The second-order valence-electron chi connectivity index (χ2n) is 2.98. The van der Waals surface area contributed by atoms with Crippen molar-refractivity contribution < 1.29 is 27.8 Å². The maximum atomic E-state index is 11.8. The molecule has 3 nitrogen and oxygen atoms in total. The second-order valence-corrected chi connectivity index (χ2v) is 5.38. The summed E-state index contributed by atoms with van der Waals surface area (Å²) in [6, 6.07) is 2.84. The summed E-state index contributed by atoms with van der Waals surface area (Å²) in [6.07, 6.45) is -4.58. The monoisotopic (exact) mass is 472 g/mol. The topological polar surface area (TPSA) is 46.5 Å². The minimum atomic E-state index is -4.58. The average molecular weight is 472 g/mol. The van der Waals surface area contributed by atoms with Crippen LogP contribution in [-0.4, -0.2) is 23.9 Å². The van der Waals surface area contributed by atoms with E-state index in [-0.39, 0.29) is 11.3 Å². The summed E-state index contributed by atoms with van der Waals surface area (Å²) in [4.78, 5) is 11.3. The first-order valence-electron chi connectivity index (χ1n) is 4.12. The van der Waals surface area contributed by atoms with Crippen LogP contribution >= 0.6 is 45.2 Å². The molecule has 1 aromatic rings. The van der Waals surface area contributed by atoms with Gasteiger partial charge in [0.15, 0.2) is 6.61 Å². The van der Waals surface area contributed by atoms with Crippen LogP contribution in [-0.2, 0) is 4.74 Å². The van der Waals surface area contributed by atoms with Gasteiger partial charge in [-0.3, -0.25) is 0 Å². The number of hydrogen-bond donors (Lipinski definition) is 1. The van der Waals surface area contributed by atoms with Crippen LogP contribution < -0.4 is 0 Å². The highest BCUT2D eigenvalue weighted by molar-refractivity contribution is 14.1. The number of rotatable bonds is 2. The van der Waals surface area contributed by atoms with Crippen molar-refractivity contribution in [2.75, 3.05) is 6.61 Å². The molecule has 0 atom stereocenters. The van der Waals surface area contributed by atoms with Crippen LogP contribution in [0.4, 0.5) is 13.2 Å². The van der Waals surface area contributed by atoms with Crippen molar-refractivity contribution in [3.8, 4) is 5.75 Å². The Labute approximate surface area is 122 Å². The fourth-order valence-electron chi connectivity index (χ4n) is 0.947. The number of carbonyl (C=O) groups is 1. The van der Waals surface area contributed by atoms with Crippen LogP contribution in [0.25, 0.3) is 0 Å². The molecule has 0 saturated heterocycles. The molecule has 0 bridgehead atoms. The number of phenolic OH excluding ortho intramolecular Hbond substituents is 1. The number of hydrogen-bond acceptors (Lipinski definition) is 3. The Kier molecular flexibility index (Phi) is 4.86. The van der Waals surface area contributed by atoms with E-state index in [9.17, 15) is 23.1 Å². The van der Waals surface area contributed by atoms with Gasteiger partial charge in [-0.2, -0.15) is 13.2 Å². The van der Waals surface area contributed by atoms with E-state index < -0.39 is 18.8 Å². The number of halogens is 5. The lowest BCUT2D eigenvalue weighted by Gasteiger charge is -2.09.